The summed E-state index contributed by atoms with van der Waals surface area (Å²) in [6.07, 6.45) is 4.42. The third-order valence-electron chi connectivity index (χ3n) is 6.40. The topological polar surface area (TPSA) is 12.0 Å². The quantitative estimate of drug-likeness (QED) is 0.186. The van der Waals surface area contributed by atoms with Crippen LogP contribution in [0.15, 0.2) is 146 Å². The van der Waals surface area contributed by atoms with Gasteiger partial charge in [0.25, 0.3) is 0 Å². The molecule has 0 atom stereocenters. The van der Waals surface area contributed by atoms with Gasteiger partial charge in [0.1, 0.15) is 0 Å². The van der Waals surface area contributed by atoms with Crippen LogP contribution in [0.4, 0.5) is 0 Å². The van der Waals surface area contributed by atoms with Crippen LogP contribution in [0.25, 0.3) is 33.7 Å². The molecule has 0 aromatic heterocycles. The van der Waals surface area contributed by atoms with Gasteiger partial charge in [-0.3, -0.25) is 0 Å². The summed E-state index contributed by atoms with van der Waals surface area (Å²) >= 11 is 0. The highest BCUT2D eigenvalue weighted by molar-refractivity contribution is 6.07. The fraction of sp³-hybridized carbons (Fsp3) is 0.0556. The Hall–Kier alpha value is -4.46. The molecule has 6 rings (SSSR count). The molecule has 0 saturated carbocycles. The molecule has 0 spiro atoms. The van der Waals surface area contributed by atoms with Gasteiger partial charge in [-0.05, 0) is 49.9 Å². The van der Waals surface area contributed by atoms with Crippen molar-refractivity contribution in [2.24, 2.45) is 0 Å². The number of benzene rings is 6. The standard InChI is InChI=1S/C22H16.C14H15N/c1-2-8-17(9-3-1)14-15-22-20-12-6-4-10-18(20)16-19-11-5-7-13-21(19)22;1-3-7-13(8-4-1)11-15-12-14-9-5-2-6-10-14/h1-16H;1-10,15H,11-12H2. The lowest BCUT2D eigenvalue weighted by Gasteiger charge is -2.08. The molecule has 6 aromatic carbocycles. The normalized spacial score (nSPS) is 10.9. The Morgan fingerprint density at radius 3 is 1.38 bits per heavy atom. The number of nitrogens with one attached hydrogen (secondary N) is 1. The predicted octanol–water partition coefficient (Wildman–Crippen LogP) is 9.14. The van der Waals surface area contributed by atoms with Gasteiger partial charge in [-0.15, -0.1) is 0 Å². The Morgan fingerprint density at radius 1 is 0.432 bits per heavy atom. The van der Waals surface area contributed by atoms with E-state index >= 15 is 0 Å². The lowest BCUT2D eigenvalue weighted by Crippen LogP contribution is -2.12. The van der Waals surface area contributed by atoms with Crippen LogP contribution in [-0.2, 0) is 13.1 Å². The van der Waals surface area contributed by atoms with Gasteiger partial charge in [0.05, 0.1) is 0 Å². The molecule has 0 bridgehead atoms. The van der Waals surface area contributed by atoms with Crippen molar-refractivity contribution in [2.75, 3.05) is 0 Å². The highest BCUT2D eigenvalue weighted by Crippen LogP contribution is 2.30. The second kappa shape index (κ2) is 12.5. The maximum atomic E-state index is 3.42. The minimum atomic E-state index is 0.926. The summed E-state index contributed by atoms with van der Waals surface area (Å²) in [4.78, 5) is 0. The molecule has 180 valence electrons. The fourth-order valence-corrected chi connectivity index (χ4v) is 4.52. The van der Waals surface area contributed by atoms with E-state index in [0.717, 1.165) is 13.1 Å². The fourth-order valence-electron chi connectivity index (χ4n) is 4.52. The minimum absolute atomic E-state index is 0.926. The maximum Gasteiger partial charge on any atom is 0.0208 e. The first-order chi connectivity index (χ1) is 18.4. The Bertz CT molecular complexity index is 1480. The molecule has 0 aliphatic heterocycles. The smallest absolute Gasteiger partial charge is 0.0208 e. The Morgan fingerprint density at radius 2 is 0.865 bits per heavy atom. The van der Waals surface area contributed by atoms with Crippen molar-refractivity contribution in [3.63, 3.8) is 0 Å². The van der Waals surface area contributed by atoms with Gasteiger partial charge in [-0.1, -0.05) is 152 Å². The molecule has 0 aliphatic rings. The molecule has 0 radical (unpaired) electrons. The lowest BCUT2D eigenvalue weighted by atomic mass is 9.96. The van der Waals surface area contributed by atoms with Gasteiger partial charge < -0.3 is 5.32 Å². The Balaban J connectivity index is 0.000000164. The maximum absolute atomic E-state index is 3.42. The molecule has 0 aliphatic carbocycles. The van der Waals surface area contributed by atoms with E-state index in [1.807, 2.05) is 18.2 Å². The third kappa shape index (κ3) is 6.61. The molecular formula is C36H31N. The molecule has 1 N–H and O–H groups in total. The molecule has 0 saturated heterocycles. The zero-order valence-corrected chi connectivity index (χ0v) is 20.9. The summed E-state index contributed by atoms with van der Waals surface area (Å²) in [5.74, 6) is 0. The lowest BCUT2D eigenvalue weighted by molar-refractivity contribution is 0.693. The van der Waals surface area contributed by atoms with E-state index in [9.17, 15) is 0 Å². The van der Waals surface area contributed by atoms with E-state index in [4.69, 9.17) is 0 Å². The van der Waals surface area contributed by atoms with Gasteiger partial charge in [-0.25, -0.2) is 0 Å². The molecular weight excluding hydrogens is 446 g/mol. The first-order valence-electron chi connectivity index (χ1n) is 12.8. The van der Waals surface area contributed by atoms with Crippen LogP contribution >= 0.6 is 0 Å². The molecule has 37 heavy (non-hydrogen) atoms. The largest absolute Gasteiger partial charge is 0.309 e. The van der Waals surface area contributed by atoms with Crippen LogP contribution in [0.2, 0.25) is 0 Å². The predicted molar refractivity (Wildman–Crippen MR) is 160 cm³/mol. The Kier molecular flexibility index (Phi) is 8.18. The van der Waals surface area contributed by atoms with Crippen molar-refractivity contribution in [1.82, 2.24) is 5.32 Å². The highest BCUT2D eigenvalue weighted by atomic mass is 14.8. The number of rotatable bonds is 6. The Labute approximate surface area is 219 Å². The van der Waals surface area contributed by atoms with E-state index in [1.165, 1.54) is 43.8 Å². The number of hydrogen-bond acceptors (Lipinski definition) is 1. The van der Waals surface area contributed by atoms with Gasteiger partial charge in [0.15, 0.2) is 0 Å². The summed E-state index contributed by atoms with van der Waals surface area (Å²) in [7, 11) is 0. The summed E-state index contributed by atoms with van der Waals surface area (Å²) in [5, 5.41) is 8.59. The van der Waals surface area contributed by atoms with Gasteiger partial charge in [0, 0.05) is 13.1 Å². The van der Waals surface area contributed by atoms with Gasteiger partial charge >= 0.3 is 0 Å². The van der Waals surface area contributed by atoms with Gasteiger partial charge in [-0.2, -0.15) is 0 Å². The molecule has 0 fully saturated rings. The van der Waals surface area contributed by atoms with Crippen LogP contribution in [0.1, 0.15) is 22.3 Å². The van der Waals surface area contributed by atoms with E-state index in [-0.39, 0.29) is 0 Å². The summed E-state index contributed by atoms with van der Waals surface area (Å²) < 4.78 is 0. The van der Waals surface area contributed by atoms with Crippen LogP contribution in [-0.4, -0.2) is 0 Å². The van der Waals surface area contributed by atoms with Crippen LogP contribution in [0.3, 0.4) is 0 Å². The van der Waals surface area contributed by atoms with E-state index in [0.29, 0.717) is 0 Å². The highest BCUT2D eigenvalue weighted by Gasteiger charge is 2.04. The van der Waals surface area contributed by atoms with E-state index < -0.39 is 0 Å². The molecule has 0 heterocycles. The zero-order valence-electron chi connectivity index (χ0n) is 20.9. The van der Waals surface area contributed by atoms with Crippen molar-refractivity contribution >= 4 is 33.7 Å². The van der Waals surface area contributed by atoms with Crippen molar-refractivity contribution in [3.05, 3.63) is 168 Å². The summed E-state index contributed by atoms with van der Waals surface area (Å²) in [6, 6.07) is 50.8. The first-order valence-corrected chi connectivity index (χ1v) is 12.8. The molecule has 6 aromatic rings. The summed E-state index contributed by atoms with van der Waals surface area (Å²) in [5.41, 5.74) is 5.17. The molecule has 0 amide bonds. The average Bonchev–Trinajstić information content (AvgIpc) is 2.97. The number of fused-ring (bicyclic) bond motifs is 2. The summed E-state index contributed by atoms with van der Waals surface area (Å²) in [6.45, 7) is 1.85. The average molecular weight is 478 g/mol. The van der Waals surface area contributed by atoms with Crippen molar-refractivity contribution in [3.8, 4) is 0 Å². The second-order valence-electron chi connectivity index (χ2n) is 9.05. The van der Waals surface area contributed by atoms with E-state index in [2.05, 4.69) is 145 Å². The van der Waals surface area contributed by atoms with Crippen molar-refractivity contribution in [1.29, 1.82) is 0 Å². The number of hydrogen-bond donors (Lipinski definition) is 1. The van der Waals surface area contributed by atoms with Crippen LogP contribution < -0.4 is 5.32 Å². The van der Waals surface area contributed by atoms with Crippen molar-refractivity contribution in [2.45, 2.75) is 13.1 Å². The molecule has 1 nitrogen and oxygen atoms in total. The first kappa shape index (κ1) is 24.2. The zero-order chi connectivity index (χ0) is 25.1. The second-order valence-corrected chi connectivity index (χ2v) is 9.05. The molecule has 0 unspecified atom stereocenters. The van der Waals surface area contributed by atoms with Crippen LogP contribution in [0, 0.1) is 0 Å². The SMILES string of the molecule is C(=Cc1c2ccccc2cc2ccccc12)c1ccccc1.c1ccc(CNCc2ccccc2)cc1. The van der Waals surface area contributed by atoms with Crippen molar-refractivity contribution < 1.29 is 0 Å². The third-order valence-corrected chi connectivity index (χ3v) is 6.40. The van der Waals surface area contributed by atoms with Gasteiger partial charge in [0.2, 0.25) is 0 Å². The van der Waals surface area contributed by atoms with E-state index in [1.54, 1.807) is 0 Å². The minimum Gasteiger partial charge on any atom is -0.309 e. The molecule has 1 heteroatoms. The van der Waals surface area contributed by atoms with Crippen LogP contribution in [0.5, 0.6) is 0 Å². The monoisotopic (exact) mass is 477 g/mol.